The largest absolute Gasteiger partial charge is 0.481 e. The number of rotatable bonds is 13. The molecule has 0 spiro atoms. The fraction of sp³-hybridized carbons (Fsp3) is 0.867. The first-order chi connectivity index (χ1) is 10.4. The standard InChI is InChI=1S/C15H29N2O4P/c1-13(2)17(14(3)4)22(21-12-8-10-16)20-11-7-5-6-9-15(18)19/h13-14H,5-9,11-12H2,1-4H3,(H,18,19). The number of carboxylic acid groups (broad SMARTS) is 1. The summed E-state index contributed by atoms with van der Waals surface area (Å²) >= 11 is 0. The molecule has 0 saturated carbocycles. The molecule has 0 aromatic carbocycles. The van der Waals surface area contributed by atoms with Crippen molar-refractivity contribution < 1.29 is 18.9 Å². The zero-order valence-electron chi connectivity index (χ0n) is 14.1. The Bertz CT molecular complexity index is 337. The molecule has 22 heavy (non-hydrogen) atoms. The molecule has 0 radical (unpaired) electrons. The highest BCUT2D eigenvalue weighted by Gasteiger charge is 2.26. The van der Waals surface area contributed by atoms with Crippen LogP contribution in [0.5, 0.6) is 0 Å². The van der Waals surface area contributed by atoms with E-state index in [1.807, 2.05) is 0 Å². The Morgan fingerprint density at radius 2 is 1.73 bits per heavy atom. The van der Waals surface area contributed by atoms with Crippen LogP contribution in [0, 0.1) is 11.3 Å². The van der Waals surface area contributed by atoms with Gasteiger partial charge < -0.3 is 14.2 Å². The molecular formula is C15H29N2O4P. The van der Waals surface area contributed by atoms with E-state index >= 15 is 0 Å². The maximum Gasteiger partial charge on any atom is 0.303 e. The van der Waals surface area contributed by atoms with Crippen LogP contribution in [0.15, 0.2) is 0 Å². The molecule has 0 rings (SSSR count). The molecule has 1 atom stereocenters. The van der Waals surface area contributed by atoms with Gasteiger partial charge in [0.1, 0.15) is 0 Å². The van der Waals surface area contributed by atoms with Gasteiger partial charge in [-0.1, -0.05) is 6.42 Å². The maximum atomic E-state index is 10.4. The zero-order chi connectivity index (χ0) is 17.0. The minimum absolute atomic E-state index is 0.206. The van der Waals surface area contributed by atoms with Crippen LogP contribution in [0.25, 0.3) is 0 Å². The number of nitriles is 1. The predicted octanol–water partition coefficient (Wildman–Crippen LogP) is 3.92. The third kappa shape index (κ3) is 10.1. The van der Waals surface area contributed by atoms with E-state index in [0.29, 0.717) is 38.1 Å². The normalized spacial score (nSPS) is 12.8. The first-order valence-corrected chi connectivity index (χ1v) is 8.96. The topological polar surface area (TPSA) is 82.8 Å². The van der Waals surface area contributed by atoms with Gasteiger partial charge in [-0.15, -0.1) is 0 Å². The Morgan fingerprint density at radius 3 is 2.23 bits per heavy atom. The Balaban J connectivity index is 4.28. The van der Waals surface area contributed by atoms with Gasteiger partial charge in [-0.05, 0) is 40.5 Å². The lowest BCUT2D eigenvalue weighted by Crippen LogP contribution is -2.33. The summed E-state index contributed by atoms with van der Waals surface area (Å²) in [4.78, 5) is 10.4. The van der Waals surface area contributed by atoms with Crippen molar-refractivity contribution in [2.75, 3.05) is 13.2 Å². The van der Waals surface area contributed by atoms with E-state index < -0.39 is 14.5 Å². The van der Waals surface area contributed by atoms with E-state index in [1.54, 1.807) is 0 Å². The maximum absolute atomic E-state index is 10.4. The third-order valence-corrected chi connectivity index (χ3v) is 5.01. The summed E-state index contributed by atoms with van der Waals surface area (Å²) in [6.07, 6.45) is 2.88. The molecule has 0 aromatic heterocycles. The molecule has 0 aliphatic carbocycles. The molecule has 0 aliphatic rings. The SMILES string of the molecule is CC(C)N(C(C)C)P(OCCC#N)OCCCCCC(=O)O. The summed E-state index contributed by atoms with van der Waals surface area (Å²) in [7, 11) is -1.18. The van der Waals surface area contributed by atoms with Gasteiger partial charge in [-0.3, -0.25) is 4.79 Å². The highest BCUT2D eigenvalue weighted by molar-refractivity contribution is 7.44. The Hall–Kier alpha value is -0.730. The number of unbranched alkanes of at least 4 members (excludes halogenated alkanes) is 2. The first kappa shape index (κ1) is 21.3. The summed E-state index contributed by atoms with van der Waals surface area (Å²) in [5, 5.41) is 17.2. The zero-order valence-corrected chi connectivity index (χ0v) is 15.0. The molecule has 1 N–H and O–H groups in total. The lowest BCUT2D eigenvalue weighted by Gasteiger charge is -2.35. The van der Waals surface area contributed by atoms with E-state index in [0.717, 1.165) is 12.8 Å². The van der Waals surface area contributed by atoms with Gasteiger partial charge >= 0.3 is 5.97 Å². The Kier molecular flexibility index (Phi) is 12.4. The average molecular weight is 332 g/mol. The molecule has 0 aromatic rings. The number of carboxylic acids is 1. The van der Waals surface area contributed by atoms with Gasteiger partial charge in [-0.25, -0.2) is 4.67 Å². The van der Waals surface area contributed by atoms with Crippen molar-refractivity contribution in [3.63, 3.8) is 0 Å². The number of hydrogen-bond donors (Lipinski definition) is 1. The molecule has 0 aliphatic heterocycles. The second-order valence-electron chi connectivity index (χ2n) is 5.58. The first-order valence-electron chi connectivity index (χ1n) is 7.83. The predicted molar refractivity (Wildman–Crippen MR) is 87.3 cm³/mol. The number of nitrogens with zero attached hydrogens (tertiary/aromatic N) is 2. The van der Waals surface area contributed by atoms with Crippen molar-refractivity contribution in [2.45, 2.75) is 71.9 Å². The monoisotopic (exact) mass is 332 g/mol. The molecule has 0 heterocycles. The molecule has 0 saturated heterocycles. The fourth-order valence-corrected chi connectivity index (χ4v) is 3.64. The smallest absolute Gasteiger partial charge is 0.303 e. The summed E-state index contributed by atoms with van der Waals surface area (Å²) in [6.45, 7) is 9.31. The number of carbonyl (C=O) groups is 1. The van der Waals surface area contributed by atoms with Crippen molar-refractivity contribution in [1.29, 1.82) is 5.26 Å². The van der Waals surface area contributed by atoms with Crippen LogP contribution in [-0.2, 0) is 13.8 Å². The average Bonchev–Trinajstić information content (AvgIpc) is 2.41. The van der Waals surface area contributed by atoms with Gasteiger partial charge in [0, 0.05) is 18.5 Å². The summed E-state index contributed by atoms with van der Waals surface area (Å²) < 4.78 is 13.8. The fourth-order valence-electron chi connectivity index (χ4n) is 2.01. The van der Waals surface area contributed by atoms with Crippen LogP contribution in [0.1, 0.15) is 59.8 Å². The van der Waals surface area contributed by atoms with E-state index in [1.165, 1.54) is 0 Å². The van der Waals surface area contributed by atoms with Gasteiger partial charge in [0.2, 0.25) is 0 Å². The van der Waals surface area contributed by atoms with E-state index in [4.69, 9.17) is 19.4 Å². The Morgan fingerprint density at radius 1 is 1.14 bits per heavy atom. The minimum Gasteiger partial charge on any atom is -0.481 e. The van der Waals surface area contributed by atoms with Crippen molar-refractivity contribution in [1.82, 2.24) is 4.67 Å². The lowest BCUT2D eigenvalue weighted by atomic mass is 10.2. The van der Waals surface area contributed by atoms with Gasteiger partial charge in [0.15, 0.2) is 0 Å². The summed E-state index contributed by atoms with van der Waals surface area (Å²) in [5.74, 6) is -0.756. The van der Waals surface area contributed by atoms with Crippen molar-refractivity contribution in [3.05, 3.63) is 0 Å². The van der Waals surface area contributed by atoms with Crippen LogP contribution < -0.4 is 0 Å². The molecule has 0 amide bonds. The van der Waals surface area contributed by atoms with Crippen molar-refractivity contribution >= 4 is 14.5 Å². The molecule has 0 fully saturated rings. The molecule has 7 heteroatoms. The van der Waals surface area contributed by atoms with Gasteiger partial charge in [0.05, 0.1) is 25.7 Å². The molecule has 128 valence electrons. The number of aliphatic carboxylic acids is 1. The molecular weight excluding hydrogens is 303 g/mol. The lowest BCUT2D eigenvalue weighted by molar-refractivity contribution is -0.137. The van der Waals surface area contributed by atoms with Gasteiger partial charge in [0.25, 0.3) is 8.53 Å². The van der Waals surface area contributed by atoms with E-state index in [-0.39, 0.29) is 6.42 Å². The van der Waals surface area contributed by atoms with E-state index in [2.05, 4.69) is 38.4 Å². The van der Waals surface area contributed by atoms with Crippen LogP contribution >= 0.6 is 8.53 Å². The number of hydrogen-bond acceptors (Lipinski definition) is 5. The van der Waals surface area contributed by atoms with Crippen molar-refractivity contribution in [3.8, 4) is 6.07 Å². The second kappa shape index (κ2) is 12.8. The minimum atomic E-state index is -1.18. The van der Waals surface area contributed by atoms with Crippen LogP contribution in [0.4, 0.5) is 0 Å². The molecule has 6 nitrogen and oxygen atoms in total. The van der Waals surface area contributed by atoms with Crippen LogP contribution in [0.3, 0.4) is 0 Å². The summed E-state index contributed by atoms with van der Waals surface area (Å²) in [6, 6.07) is 2.65. The second-order valence-corrected chi connectivity index (χ2v) is 7.04. The molecule has 0 bridgehead atoms. The highest BCUT2D eigenvalue weighted by atomic mass is 31.2. The quantitative estimate of drug-likeness (QED) is 0.406. The van der Waals surface area contributed by atoms with Crippen molar-refractivity contribution in [2.24, 2.45) is 0 Å². The third-order valence-electron chi connectivity index (χ3n) is 2.90. The van der Waals surface area contributed by atoms with Gasteiger partial charge in [-0.2, -0.15) is 5.26 Å². The summed E-state index contributed by atoms with van der Waals surface area (Å²) in [5.41, 5.74) is 0. The molecule has 1 unspecified atom stereocenters. The van der Waals surface area contributed by atoms with Crippen LogP contribution in [-0.4, -0.2) is 41.0 Å². The van der Waals surface area contributed by atoms with Crippen LogP contribution in [0.2, 0.25) is 0 Å². The van der Waals surface area contributed by atoms with E-state index in [9.17, 15) is 4.79 Å². The Labute approximate surface area is 135 Å². The highest BCUT2D eigenvalue weighted by Crippen LogP contribution is 2.46.